The fourth-order valence-corrected chi connectivity index (χ4v) is 3.02. The van der Waals surface area contributed by atoms with E-state index in [1.54, 1.807) is 0 Å². The summed E-state index contributed by atoms with van der Waals surface area (Å²) in [5, 5.41) is 25.3. The van der Waals surface area contributed by atoms with Crippen molar-refractivity contribution in [2.75, 3.05) is 46.6 Å². The van der Waals surface area contributed by atoms with Gasteiger partial charge in [-0.05, 0) is 32.6 Å². The Bertz CT molecular complexity index is 713. The van der Waals surface area contributed by atoms with Crippen molar-refractivity contribution in [3.63, 3.8) is 0 Å². The van der Waals surface area contributed by atoms with Crippen molar-refractivity contribution < 1.29 is 52.5 Å². The summed E-state index contributed by atoms with van der Waals surface area (Å²) >= 11 is 3.68. The van der Waals surface area contributed by atoms with Crippen LogP contribution in [0.15, 0.2) is 0 Å². The van der Waals surface area contributed by atoms with Crippen molar-refractivity contribution in [3.8, 4) is 0 Å². The molecule has 34 heavy (non-hydrogen) atoms. The normalized spacial score (nSPS) is 14.3. The van der Waals surface area contributed by atoms with E-state index in [0.717, 1.165) is 0 Å². The molecule has 0 bridgehead atoms. The number of ether oxygens (including phenoxy) is 2. The van der Waals surface area contributed by atoms with Gasteiger partial charge in [0.1, 0.15) is 12.1 Å². The minimum absolute atomic E-state index is 0.00266. The molecule has 0 aliphatic carbocycles. The number of hydrogen-bond donors (Lipinski definition) is 6. The molecule has 0 aliphatic heterocycles. The van der Waals surface area contributed by atoms with Crippen molar-refractivity contribution in [1.29, 1.82) is 0 Å². The highest BCUT2D eigenvalue weighted by molar-refractivity contribution is 8.44. The molecule has 14 nitrogen and oxygen atoms in total. The van der Waals surface area contributed by atoms with Crippen LogP contribution in [0.4, 0.5) is 9.59 Å². The predicted octanol–water partition coefficient (Wildman–Crippen LogP) is 1.61. The lowest BCUT2D eigenvalue weighted by Gasteiger charge is -2.26. The average molecular weight is 532 g/mol. The number of carboxylic acids is 2. The summed E-state index contributed by atoms with van der Waals surface area (Å²) in [4.78, 5) is 45.5. The summed E-state index contributed by atoms with van der Waals surface area (Å²) in [6.07, 6.45) is 0.392. The van der Waals surface area contributed by atoms with Gasteiger partial charge in [0, 0.05) is 26.6 Å². The van der Waals surface area contributed by atoms with Crippen LogP contribution in [-0.4, -0.2) is 86.4 Å². The number of carbonyl (C=O) groups excluding carboxylic acids is 2. The van der Waals surface area contributed by atoms with Gasteiger partial charge < -0.3 is 40.2 Å². The third-order valence-corrected chi connectivity index (χ3v) is 6.07. The summed E-state index contributed by atoms with van der Waals surface area (Å²) in [7, 11) is 1.21. The molecule has 0 aliphatic rings. The first-order chi connectivity index (χ1) is 15.9. The number of carboxylic acid groups (broad SMARTS) is 2. The number of aliphatic carboxylic acids is 2. The number of thiol groups is 1. The molecule has 198 valence electrons. The lowest BCUT2D eigenvalue weighted by molar-refractivity contribution is -0.144. The minimum Gasteiger partial charge on any atom is -0.481 e. The fraction of sp³-hybridized carbons (Fsp3) is 0.778. The van der Waals surface area contributed by atoms with E-state index >= 15 is 0 Å². The zero-order valence-corrected chi connectivity index (χ0v) is 21.0. The van der Waals surface area contributed by atoms with E-state index < -0.39 is 36.4 Å². The summed E-state index contributed by atoms with van der Waals surface area (Å²) < 4.78 is 30.7. The van der Waals surface area contributed by atoms with E-state index in [4.69, 9.17) is 19.1 Å². The molecule has 16 heteroatoms. The molecule has 0 rings (SSSR count). The standard InChI is InChI=1S/C18H34N3O11PS/c1-18(15(24)25,21-16(26)19-9-5-6-14(22)23)7-3-4-8-20-17(27)31-12-10-30-11-13-32-33(28,34)29-2/h3-13H2,1-2H3,(H,20,27)(H,22,23)(H,24,25)(H,28,34)(H2,19,21,26)/t18-,33?/m0/s1. The highest BCUT2D eigenvalue weighted by atomic mass is 32.7. The number of alkyl carbamates (subject to hydrolysis) is 1. The van der Waals surface area contributed by atoms with Gasteiger partial charge in [-0.1, -0.05) is 12.2 Å². The van der Waals surface area contributed by atoms with Gasteiger partial charge in [0.2, 0.25) is 0 Å². The monoisotopic (exact) mass is 531 g/mol. The van der Waals surface area contributed by atoms with Gasteiger partial charge in [-0.2, -0.15) is 0 Å². The molecule has 0 heterocycles. The maximum Gasteiger partial charge on any atom is 0.407 e. The minimum atomic E-state index is -3.35. The van der Waals surface area contributed by atoms with Crippen LogP contribution >= 0.6 is 19.0 Å². The van der Waals surface area contributed by atoms with E-state index in [1.807, 2.05) is 0 Å². The summed E-state index contributed by atoms with van der Waals surface area (Å²) in [6.45, 7) is -1.46. The highest BCUT2D eigenvalue weighted by Crippen LogP contribution is 2.51. The second-order valence-electron chi connectivity index (χ2n) is 7.13. The SMILES string of the molecule is COP(=O)(S)OCCOCCOC(=O)NCCCC[C@](C)(NC(=O)NCCCC(=O)O)C(=O)O. The van der Waals surface area contributed by atoms with Crippen LogP contribution in [0.25, 0.3) is 0 Å². The van der Waals surface area contributed by atoms with Crippen molar-refractivity contribution in [3.05, 3.63) is 0 Å². The molecule has 0 aromatic rings. The highest BCUT2D eigenvalue weighted by Gasteiger charge is 2.34. The molecule has 5 N–H and O–H groups in total. The Balaban J connectivity index is 3.96. The molecule has 1 unspecified atom stereocenters. The number of rotatable bonds is 19. The van der Waals surface area contributed by atoms with E-state index in [-0.39, 0.29) is 58.8 Å². The van der Waals surface area contributed by atoms with Gasteiger partial charge in [-0.3, -0.25) is 9.32 Å². The third-order valence-electron chi connectivity index (χ3n) is 4.26. The van der Waals surface area contributed by atoms with Gasteiger partial charge in [0.05, 0.1) is 19.8 Å². The fourth-order valence-electron chi connectivity index (χ4n) is 2.36. The smallest absolute Gasteiger partial charge is 0.407 e. The molecule has 2 atom stereocenters. The van der Waals surface area contributed by atoms with Crippen molar-refractivity contribution >= 4 is 43.1 Å². The predicted molar refractivity (Wildman–Crippen MR) is 123 cm³/mol. The Kier molecular flexibility index (Phi) is 16.3. The Labute approximate surface area is 203 Å². The van der Waals surface area contributed by atoms with Crippen LogP contribution in [0.5, 0.6) is 0 Å². The maximum atomic E-state index is 11.9. The number of hydrogen-bond acceptors (Lipinski definition) is 9. The summed E-state index contributed by atoms with van der Waals surface area (Å²) in [6, 6.07) is -0.705. The third kappa shape index (κ3) is 16.5. The van der Waals surface area contributed by atoms with Crippen molar-refractivity contribution in [2.45, 2.75) is 44.6 Å². The number of urea groups is 1. The largest absolute Gasteiger partial charge is 0.481 e. The van der Waals surface area contributed by atoms with E-state index in [1.165, 1.54) is 14.0 Å². The average Bonchev–Trinajstić information content (AvgIpc) is 2.75. The van der Waals surface area contributed by atoms with Crippen molar-refractivity contribution in [2.24, 2.45) is 0 Å². The Morgan fingerprint density at radius 2 is 1.62 bits per heavy atom. The molecule has 0 fully saturated rings. The first-order valence-corrected chi connectivity index (χ1v) is 13.1. The van der Waals surface area contributed by atoms with Crippen LogP contribution in [0.3, 0.4) is 0 Å². The Morgan fingerprint density at radius 3 is 2.24 bits per heavy atom. The molecule has 0 saturated carbocycles. The molecule has 0 saturated heterocycles. The molecule has 3 amide bonds. The van der Waals surface area contributed by atoms with Crippen LogP contribution in [0.1, 0.15) is 39.0 Å². The van der Waals surface area contributed by atoms with E-state index in [0.29, 0.717) is 12.8 Å². The van der Waals surface area contributed by atoms with Gasteiger partial charge in [0.15, 0.2) is 0 Å². The van der Waals surface area contributed by atoms with Gasteiger partial charge in [-0.25, -0.2) is 18.9 Å². The summed E-state index contributed by atoms with van der Waals surface area (Å²) in [5.74, 6) is -2.20. The molecular formula is C18H34N3O11PS. The summed E-state index contributed by atoms with van der Waals surface area (Å²) in [5.41, 5.74) is -1.53. The van der Waals surface area contributed by atoms with Gasteiger partial charge in [0.25, 0.3) is 0 Å². The number of amides is 3. The second kappa shape index (κ2) is 17.4. The zero-order chi connectivity index (χ0) is 26.0. The topological polar surface area (TPSA) is 199 Å². The molecule has 0 aromatic heterocycles. The van der Waals surface area contributed by atoms with Crippen LogP contribution in [0.2, 0.25) is 0 Å². The lowest BCUT2D eigenvalue weighted by atomic mass is 9.95. The lowest BCUT2D eigenvalue weighted by Crippen LogP contribution is -2.55. The zero-order valence-electron chi connectivity index (χ0n) is 19.2. The van der Waals surface area contributed by atoms with E-state index in [9.17, 15) is 28.8 Å². The molecule has 0 spiro atoms. The van der Waals surface area contributed by atoms with Crippen LogP contribution in [0, 0.1) is 0 Å². The van der Waals surface area contributed by atoms with Gasteiger partial charge in [-0.15, -0.1) is 0 Å². The van der Waals surface area contributed by atoms with E-state index in [2.05, 4.69) is 32.7 Å². The Hall–Kier alpha value is -2.06. The molecule has 0 aromatic carbocycles. The second-order valence-corrected chi connectivity index (χ2v) is 10.2. The van der Waals surface area contributed by atoms with Crippen molar-refractivity contribution in [1.82, 2.24) is 16.0 Å². The maximum absolute atomic E-state index is 11.9. The quantitative estimate of drug-likeness (QED) is 0.0804. The molecule has 0 radical (unpaired) electrons. The first-order valence-electron chi connectivity index (χ1n) is 10.4. The van der Waals surface area contributed by atoms with Crippen LogP contribution < -0.4 is 16.0 Å². The Morgan fingerprint density at radius 1 is 0.971 bits per heavy atom. The first kappa shape index (κ1) is 31.9. The number of nitrogens with one attached hydrogen (secondary N) is 3. The number of unbranched alkanes of at least 4 members (excludes halogenated alkanes) is 1. The number of carbonyl (C=O) groups is 4. The van der Waals surface area contributed by atoms with Gasteiger partial charge >= 0.3 is 30.9 Å². The molecular weight excluding hydrogens is 497 g/mol. The van der Waals surface area contributed by atoms with Crippen LogP contribution in [-0.2, 0) is 32.7 Å².